The molecule has 7 heteroatoms. The number of fused-ring (bicyclic) bond motifs is 1. The number of aliphatic hydroxyl groups excluding tert-OH is 1. The van der Waals surface area contributed by atoms with Gasteiger partial charge >= 0.3 is 0 Å². The number of anilines is 1. The predicted molar refractivity (Wildman–Crippen MR) is 82.0 cm³/mol. The van der Waals surface area contributed by atoms with Gasteiger partial charge in [-0.3, -0.25) is 0 Å². The first-order valence-corrected chi connectivity index (χ1v) is 9.33. The highest BCUT2D eigenvalue weighted by molar-refractivity contribution is 7.89. The van der Waals surface area contributed by atoms with Gasteiger partial charge in [0.15, 0.2) is 0 Å². The fourth-order valence-corrected chi connectivity index (χ4v) is 4.75. The second-order valence-corrected chi connectivity index (χ2v) is 8.66. The van der Waals surface area contributed by atoms with Crippen molar-refractivity contribution in [1.29, 1.82) is 0 Å². The summed E-state index contributed by atoms with van der Waals surface area (Å²) in [6.45, 7) is 2.15. The zero-order valence-corrected chi connectivity index (χ0v) is 13.2. The van der Waals surface area contributed by atoms with E-state index in [1.165, 1.54) is 0 Å². The van der Waals surface area contributed by atoms with Crippen molar-refractivity contribution < 1.29 is 13.5 Å². The van der Waals surface area contributed by atoms with Gasteiger partial charge in [-0.25, -0.2) is 18.1 Å². The van der Waals surface area contributed by atoms with Crippen molar-refractivity contribution in [3.8, 4) is 0 Å². The van der Waals surface area contributed by atoms with Crippen LogP contribution in [0.25, 0.3) is 0 Å². The Morgan fingerprint density at radius 1 is 1.45 bits per heavy atom. The molecule has 0 bridgehead atoms. The maximum absolute atomic E-state index is 12.6. The average molecular weight is 323 g/mol. The minimum absolute atomic E-state index is 0.0278. The van der Waals surface area contributed by atoms with Crippen molar-refractivity contribution in [2.24, 2.45) is 17.3 Å². The molecule has 2 heterocycles. The molecule has 2 unspecified atom stereocenters. The fraction of sp³-hybridized carbons (Fsp3) is 0.667. The van der Waals surface area contributed by atoms with Gasteiger partial charge in [-0.1, -0.05) is 0 Å². The lowest BCUT2D eigenvalue weighted by atomic mass is 10.1. The summed E-state index contributed by atoms with van der Waals surface area (Å²) < 4.78 is 27.8. The van der Waals surface area contributed by atoms with E-state index >= 15 is 0 Å². The van der Waals surface area contributed by atoms with E-state index in [9.17, 15) is 13.5 Å². The molecule has 1 aliphatic heterocycles. The number of piperidine rings is 1. The van der Waals surface area contributed by atoms with E-state index < -0.39 is 10.0 Å². The van der Waals surface area contributed by atoms with Crippen LogP contribution in [0.1, 0.15) is 19.3 Å². The molecule has 1 aromatic heterocycles. The zero-order chi connectivity index (χ0) is 15.4. The summed E-state index contributed by atoms with van der Waals surface area (Å²) in [7, 11) is -3.53. The third kappa shape index (κ3) is 2.41. The molecular formula is C15H21N3O3S. The number of hydrogen-bond acceptors (Lipinski definition) is 5. The van der Waals surface area contributed by atoms with Gasteiger partial charge in [-0.05, 0) is 43.2 Å². The summed E-state index contributed by atoms with van der Waals surface area (Å²) in [4.78, 5) is 6.58. The van der Waals surface area contributed by atoms with Gasteiger partial charge in [0.25, 0.3) is 0 Å². The molecule has 1 saturated heterocycles. The van der Waals surface area contributed by atoms with Crippen LogP contribution in [0.4, 0.5) is 5.82 Å². The smallest absolute Gasteiger partial charge is 0.244 e. The van der Waals surface area contributed by atoms with Crippen molar-refractivity contribution in [1.82, 2.24) is 9.71 Å². The molecule has 3 fully saturated rings. The van der Waals surface area contributed by atoms with Gasteiger partial charge in [0, 0.05) is 31.2 Å². The zero-order valence-electron chi connectivity index (χ0n) is 12.4. The Morgan fingerprint density at radius 2 is 2.27 bits per heavy atom. The number of aliphatic hydroxyl groups is 1. The summed E-state index contributed by atoms with van der Waals surface area (Å²) >= 11 is 0. The average Bonchev–Trinajstić information content (AvgIpc) is 3.44. The van der Waals surface area contributed by atoms with Crippen molar-refractivity contribution in [3.63, 3.8) is 0 Å². The molecule has 3 aliphatic rings. The van der Waals surface area contributed by atoms with Gasteiger partial charge in [0.2, 0.25) is 10.0 Å². The minimum Gasteiger partial charge on any atom is -0.396 e. The van der Waals surface area contributed by atoms with Crippen molar-refractivity contribution >= 4 is 15.8 Å². The lowest BCUT2D eigenvalue weighted by molar-refractivity contribution is 0.216. The molecular weight excluding hydrogens is 302 g/mol. The fourth-order valence-electron chi connectivity index (χ4n) is 3.46. The normalized spacial score (nSPS) is 30.4. The number of nitrogens with zero attached hydrogens (tertiary/aromatic N) is 2. The molecule has 0 aromatic carbocycles. The van der Waals surface area contributed by atoms with Crippen LogP contribution in [0.15, 0.2) is 23.2 Å². The molecule has 6 nitrogen and oxygen atoms in total. The molecule has 2 N–H and O–H groups in total. The van der Waals surface area contributed by atoms with E-state index in [1.807, 2.05) is 4.90 Å². The Balaban J connectivity index is 1.58. The quantitative estimate of drug-likeness (QED) is 0.800. The second kappa shape index (κ2) is 4.91. The standard InChI is InChI=1S/C15H21N3O3S/c19-10-15-6-12(15)8-18(9-15)14-13(2-1-5-16-14)22(20,21)17-7-11-3-4-11/h1-2,5,11-12,17,19H,3-4,6-10H2. The van der Waals surface area contributed by atoms with Crippen LogP contribution in [0.3, 0.4) is 0 Å². The highest BCUT2D eigenvalue weighted by atomic mass is 32.2. The van der Waals surface area contributed by atoms with Gasteiger partial charge in [-0.2, -0.15) is 0 Å². The molecule has 2 aliphatic carbocycles. The molecule has 22 heavy (non-hydrogen) atoms. The largest absolute Gasteiger partial charge is 0.396 e. The van der Waals surface area contributed by atoms with Gasteiger partial charge in [0.05, 0.1) is 6.61 Å². The maximum atomic E-state index is 12.6. The van der Waals surface area contributed by atoms with Gasteiger partial charge in [0.1, 0.15) is 10.7 Å². The number of nitrogens with one attached hydrogen (secondary N) is 1. The highest BCUT2D eigenvalue weighted by Gasteiger charge is 2.60. The third-order valence-electron chi connectivity index (χ3n) is 5.22. The summed E-state index contributed by atoms with van der Waals surface area (Å²) in [5, 5.41) is 9.54. The van der Waals surface area contributed by atoms with Crippen LogP contribution in [0, 0.1) is 17.3 Å². The van der Waals surface area contributed by atoms with Crippen molar-refractivity contribution in [2.45, 2.75) is 24.2 Å². The Kier molecular flexibility index (Phi) is 3.22. The Bertz CT molecular complexity index is 685. The summed E-state index contributed by atoms with van der Waals surface area (Å²) in [5.74, 6) is 1.48. The first-order chi connectivity index (χ1) is 10.5. The van der Waals surface area contributed by atoms with E-state index in [4.69, 9.17) is 0 Å². The molecule has 4 rings (SSSR count). The van der Waals surface area contributed by atoms with E-state index in [-0.39, 0.29) is 16.9 Å². The Hall–Kier alpha value is -1.18. The molecule has 2 atom stereocenters. The number of sulfonamides is 1. The minimum atomic E-state index is -3.53. The first-order valence-electron chi connectivity index (χ1n) is 7.85. The number of rotatable bonds is 6. The van der Waals surface area contributed by atoms with E-state index in [2.05, 4.69) is 9.71 Å². The van der Waals surface area contributed by atoms with Crippen molar-refractivity contribution in [2.75, 3.05) is 31.1 Å². The Morgan fingerprint density at radius 3 is 2.95 bits per heavy atom. The lowest BCUT2D eigenvalue weighted by Crippen LogP contribution is -2.31. The van der Waals surface area contributed by atoms with Crippen molar-refractivity contribution in [3.05, 3.63) is 18.3 Å². The van der Waals surface area contributed by atoms with Crippen LogP contribution in [-0.2, 0) is 10.0 Å². The molecule has 1 aromatic rings. The van der Waals surface area contributed by atoms with Crippen LogP contribution in [0.2, 0.25) is 0 Å². The monoisotopic (exact) mass is 323 g/mol. The molecule has 120 valence electrons. The van der Waals surface area contributed by atoms with Crippen LogP contribution >= 0.6 is 0 Å². The first kappa shape index (κ1) is 14.4. The summed E-state index contributed by atoms with van der Waals surface area (Å²) in [6, 6.07) is 3.28. The number of hydrogen-bond donors (Lipinski definition) is 2. The van der Waals surface area contributed by atoms with Gasteiger partial charge in [-0.15, -0.1) is 0 Å². The molecule has 2 saturated carbocycles. The van der Waals surface area contributed by atoms with Gasteiger partial charge < -0.3 is 10.0 Å². The summed E-state index contributed by atoms with van der Waals surface area (Å²) in [5.41, 5.74) is -0.0278. The SMILES string of the molecule is O=S(=O)(NCC1CC1)c1cccnc1N1CC2CC2(CO)C1. The highest BCUT2D eigenvalue weighted by Crippen LogP contribution is 2.58. The topological polar surface area (TPSA) is 82.5 Å². The van der Waals surface area contributed by atoms with E-state index in [0.29, 0.717) is 30.7 Å². The molecule has 0 radical (unpaired) electrons. The van der Waals surface area contributed by atoms with Crippen LogP contribution in [-0.4, -0.2) is 44.7 Å². The third-order valence-corrected chi connectivity index (χ3v) is 6.66. The van der Waals surface area contributed by atoms with Crippen LogP contribution < -0.4 is 9.62 Å². The van der Waals surface area contributed by atoms with E-state index in [1.54, 1.807) is 18.3 Å². The number of pyridine rings is 1. The molecule has 0 spiro atoms. The molecule has 0 amide bonds. The Labute approximate surface area is 130 Å². The number of aromatic nitrogens is 1. The second-order valence-electron chi connectivity index (χ2n) is 6.92. The maximum Gasteiger partial charge on any atom is 0.244 e. The predicted octanol–water partition coefficient (Wildman–Crippen LogP) is 0.589. The van der Waals surface area contributed by atoms with Crippen LogP contribution in [0.5, 0.6) is 0 Å². The van der Waals surface area contributed by atoms with E-state index in [0.717, 1.165) is 25.8 Å². The lowest BCUT2D eigenvalue weighted by Gasteiger charge is -2.23. The summed E-state index contributed by atoms with van der Waals surface area (Å²) in [6.07, 6.45) is 4.88.